The quantitative estimate of drug-likeness (QED) is 0.789. The molecule has 0 fully saturated rings. The number of hydrogen-bond donors (Lipinski definition) is 1. The van der Waals surface area contributed by atoms with Crippen molar-refractivity contribution in [3.63, 3.8) is 0 Å². The van der Waals surface area contributed by atoms with Crippen LogP contribution in [0.2, 0.25) is 0 Å². The lowest BCUT2D eigenvalue weighted by Gasteiger charge is -2.15. The van der Waals surface area contributed by atoms with E-state index in [1.807, 2.05) is 12.1 Å². The van der Waals surface area contributed by atoms with Crippen molar-refractivity contribution in [2.24, 2.45) is 0 Å². The van der Waals surface area contributed by atoms with E-state index in [2.05, 4.69) is 15.4 Å². The number of benzene rings is 1. The highest BCUT2D eigenvalue weighted by Crippen LogP contribution is 2.29. The zero-order valence-electron chi connectivity index (χ0n) is 14.2. The van der Waals surface area contributed by atoms with Gasteiger partial charge in [0.15, 0.2) is 5.82 Å². The summed E-state index contributed by atoms with van der Waals surface area (Å²) in [5, 5.41) is 7.06. The Morgan fingerprint density at radius 3 is 2.81 bits per heavy atom. The first-order valence-corrected chi connectivity index (χ1v) is 8.31. The van der Waals surface area contributed by atoms with Crippen molar-refractivity contribution >= 4 is 23.2 Å². The maximum absolute atomic E-state index is 12.7. The van der Waals surface area contributed by atoms with Gasteiger partial charge in [0.2, 0.25) is 5.91 Å². The summed E-state index contributed by atoms with van der Waals surface area (Å²) in [5.74, 6) is 0.338. The normalized spacial score (nSPS) is 12.7. The van der Waals surface area contributed by atoms with Crippen molar-refractivity contribution in [2.75, 3.05) is 16.8 Å². The van der Waals surface area contributed by atoms with Crippen LogP contribution in [0.5, 0.6) is 0 Å². The number of nitrogens with one attached hydrogen (secondary N) is 1. The lowest BCUT2D eigenvalue weighted by atomic mass is 10.1. The molecule has 2 amide bonds. The molecule has 1 aliphatic heterocycles. The van der Waals surface area contributed by atoms with Crippen molar-refractivity contribution in [3.8, 4) is 5.82 Å². The molecule has 0 saturated heterocycles. The van der Waals surface area contributed by atoms with E-state index in [0.717, 1.165) is 17.7 Å². The zero-order valence-corrected chi connectivity index (χ0v) is 14.2. The second kappa shape index (κ2) is 6.44. The SMILES string of the molecule is CC(=O)N1CCc2cc(C(=O)Nc3cccnc3-n3cccn3)ccc21. The number of hydrogen-bond acceptors (Lipinski definition) is 4. The number of anilines is 2. The highest BCUT2D eigenvalue weighted by Gasteiger charge is 2.23. The number of nitrogens with zero attached hydrogens (tertiary/aromatic N) is 4. The Morgan fingerprint density at radius 1 is 1.15 bits per heavy atom. The van der Waals surface area contributed by atoms with Gasteiger partial charge in [-0.1, -0.05) is 0 Å². The third-order valence-electron chi connectivity index (χ3n) is 4.37. The molecule has 3 aromatic rings. The molecule has 3 heterocycles. The Morgan fingerprint density at radius 2 is 2.04 bits per heavy atom. The molecule has 0 spiro atoms. The first-order chi connectivity index (χ1) is 12.6. The van der Waals surface area contributed by atoms with Crippen molar-refractivity contribution in [3.05, 3.63) is 66.1 Å². The number of aromatic nitrogens is 3. The topological polar surface area (TPSA) is 80.1 Å². The fraction of sp³-hybridized carbons (Fsp3) is 0.158. The molecule has 2 aromatic heterocycles. The van der Waals surface area contributed by atoms with Crippen molar-refractivity contribution in [1.82, 2.24) is 14.8 Å². The average Bonchev–Trinajstić information content (AvgIpc) is 3.31. The maximum atomic E-state index is 12.7. The molecule has 1 aromatic carbocycles. The monoisotopic (exact) mass is 347 g/mol. The van der Waals surface area contributed by atoms with Gasteiger partial charge in [-0.05, 0) is 48.4 Å². The van der Waals surface area contributed by atoms with Gasteiger partial charge in [0.25, 0.3) is 5.91 Å². The Labute approximate surface area is 150 Å². The third-order valence-corrected chi connectivity index (χ3v) is 4.37. The molecule has 0 unspecified atom stereocenters. The summed E-state index contributed by atoms with van der Waals surface area (Å²) in [6.45, 7) is 2.21. The van der Waals surface area contributed by atoms with Gasteiger partial charge in [-0.25, -0.2) is 9.67 Å². The van der Waals surface area contributed by atoms with Crippen LogP contribution < -0.4 is 10.2 Å². The van der Waals surface area contributed by atoms with Gasteiger partial charge >= 0.3 is 0 Å². The third kappa shape index (κ3) is 2.83. The maximum Gasteiger partial charge on any atom is 0.255 e. The molecule has 7 nitrogen and oxygen atoms in total. The Hall–Kier alpha value is -3.48. The summed E-state index contributed by atoms with van der Waals surface area (Å²) in [7, 11) is 0. The first-order valence-electron chi connectivity index (χ1n) is 8.31. The van der Waals surface area contributed by atoms with Gasteiger partial charge in [0.05, 0.1) is 5.69 Å². The molecular weight excluding hydrogens is 330 g/mol. The fourth-order valence-electron chi connectivity index (χ4n) is 3.14. The number of pyridine rings is 1. The molecular formula is C19H17N5O2. The van der Waals surface area contributed by atoms with E-state index in [0.29, 0.717) is 23.6 Å². The molecule has 7 heteroatoms. The summed E-state index contributed by atoms with van der Waals surface area (Å²) in [5.41, 5.74) is 3.01. The van der Waals surface area contributed by atoms with Gasteiger partial charge < -0.3 is 10.2 Å². The van der Waals surface area contributed by atoms with Crippen LogP contribution in [0.3, 0.4) is 0 Å². The standard InChI is InChI=1S/C19H17N5O2/c1-13(25)23-11-7-14-12-15(5-6-17(14)23)19(26)22-16-4-2-8-20-18(16)24-10-3-9-21-24/h2-6,8-10,12H,7,11H2,1H3,(H,22,26). The van der Waals surface area contributed by atoms with E-state index < -0.39 is 0 Å². The molecule has 130 valence electrons. The molecule has 26 heavy (non-hydrogen) atoms. The molecule has 0 radical (unpaired) electrons. The lowest BCUT2D eigenvalue weighted by molar-refractivity contribution is -0.116. The van der Waals surface area contributed by atoms with Crippen LogP contribution >= 0.6 is 0 Å². The zero-order chi connectivity index (χ0) is 18.1. The highest BCUT2D eigenvalue weighted by molar-refractivity contribution is 6.06. The van der Waals surface area contributed by atoms with E-state index in [9.17, 15) is 9.59 Å². The molecule has 4 rings (SSSR count). The van der Waals surface area contributed by atoms with Crippen molar-refractivity contribution < 1.29 is 9.59 Å². The number of carbonyl (C=O) groups is 2. The summed E-state index contributed by atoms with van der Waals surface area (Å²) >= 11 is 0. The lowest BCUT2D eigenvalue weighted by Crippen LogP contribution is -2.25. The molecule has 1 aliphatic rings. The van der Waals surface area contributed by atoms with Crippen LogP contribution in [0.25, 0.3) is 5.82 Å². The van der Waals surface area contributed by atoms with Crippen LogP contribution in [0, 0.1) is 0 Å². The predicted molar refractivity (Wildman–Crippen MR) is 97.5 cm³/mol. The minimum atomic E-state index is -0.226. The minimum Gasteiger partial charge on any atom is -0.319 e. The average molecular weight is 347 g/mol. The van der Waals surface area contributed by atoms with E-state index in [1.165, 1.54) is 0 Å². The first kappa shape index (κ1) is 16.0. The van der Waals surface area contributed by atoms with E-state index in [-0.39, 0.29) is 11.8 Å². The van der Waals surface area contributed by atoms with E-state index in [4.69, 9.17) is 0 Å². The van der Waals surface area contributed by atoms with Crippen LogP contribution in [-0.4, -0.2) is 33.1 Å². The van der Waals surface area contributed by atoms with Gasteiger partial charge in [-0.2, -0.15) is 5.10 Å². The smallest absolute Gasteiger partial charge is 0.255 e. The van der Waals surface area contributed by atoms with Gasteiger partial charge in [-0.3, -0.25) is 9.59 Å². The summed E-state index contributed by atoms with van der Waals surface area (Å²) in [6, 6.07) is 10.7. The largest absolute Gasteiger partial charge is 0.319 e. The number of fused-ring (bicyclic) bond motifs is 1. The number of rotatable bonds is 3. The van der Waals surface area contributed by atoms with Crippen LogP contribution in [0.15, 0.2) is 55.0 Å². The number of carbonyl (C=O) groups excluding carboxylic acids is 2. The van der Waals surface area contributed by atoms with Gasteiger partial charge in [0, 0.05) is 43.3 Å². The highest BCUT2D eigenvalue weighted by atomic mass is 16.2. The van der Waals surface area contributed by atoms with Crippen LogP contribution in [-0.2, 0) is 11.2 Å². The molecule has 0 aliphatic carbocycles. The Kier molecular flexibility index (Phi) is 3.96. The molecule has 0 atom stereocenters. The minimum absolute atomic E-state index is 0.0141. The van der Waals surface area contributed by atoms with Crippen molar-refractivity contribution in [2.45, 2.75) is 13.3 Å². The Bertz CT molecular complexity index is 981. The van der Waals surface area contributed by atoms with E-state index in [1.54, 1.807) is 59.4 Å². The fourth-order valence-corrected chi connectivity index (χ4v) is 3.14. The van der Waals surface area contributed by atoms with Crippen LogP contribution in [0.1, 0.15) is 22.8 Å². The second-order valence-corrected chi connectivity index (χ2v) is 6.04. The Balaban J connectivity index is 1.60. The molecule has 1 N–H and O–H groups in total. The second-order valence-electron chi connectivity index (χ2n) is 6.04. The predicted octanol–water partition coefficient (Wildman–Crippen LogP) is 2.43. The van der Waals surface area contributed by atoms with Crippen molar-refractivity contribution in [1.29, 1.82) is 0 Å². The summed E-state index contributed by atoms with van der Waals surface area (Å²) in [6.07, 6.45) is 5.82. The number of amides is 2. The van der Waals surface area contributed by atoms with Crippen LogP contribution in [0.4, 0.5) is 11.4 Å². The molecule has 0 bridgehead atoms. The van der Waals surface area contributed by atoms with Gasteiger partial charge in [0.1, 0.15) is 0 Å². The van der Waals surface area contributed by atoms with Gasteiger partial charge in [-0.15, -0.1) is 0 Å². The summed E-state index contributed by atoms with van der Waals surface area (Å²) < 4.78 is 1.60. The molecule has 0 saturated carbocycles. The van der Waals surface area contributed by atoms with E-state index >= 15 is 0 Å². The summed E-state index contributed by atoms with van der Waals surface area (Å²) in [4.78, 5) is 30.4.